The number of rotatable bonds is 5. The number of nitrogens with zero attached hydrogens (tertiary/aromatic N) is 4. The molecule has 7 nitrogen and oxygen atoms in total. The van der Waals surface area contributed by atoms with Crippen LogP contribution in [0.1, 0.15) is 21.6 Å². The first-order valence-electron chi connectivity index (χ1n) is 6.70. The van der Waals surface area contributed by atoms with Crippen LogP contribution in [0.5, 0.6) is 0 Å². The van der Waals surface area contributed by atoms with Crippen molar-refractivity contribution in [1.82, 2.24) is 20.4 Å². The number of likely N-dealkylation sites (N-methyl/N-ethyl adjacent to an activating group) is 1. The van der Waals surface area contributed by atoms with Gasteiger partial charge in [0, 0.05) is 19.3 Å². The quantitative estimate of drug-likeness (QED) is 0.479. The normalized spacial score (nSPS) is 10.5. The number of hydrogen-bond acceptors (Lipinski definition) is 5. The molecule has 0 aliphatic heterocycles. The van der Waals surface area contributed by atoms with E-state index in [-0.39, 0.29) is 5.69 Å². The highest BCUT2D eigenvalue weighted by atomic mass is 16.2. The minimum absolute atomic E-state index is 0.215. The van der Waals surface area contributed by atoms with Crippen LogP contribution in [0.4, 0.5) is 5.69 Å². The van der Waals surface area contributed by atoms with Gasteiger partial charge in [-0.05, 0) is 25.5 Å². The van der Waals surface area contributed by atoms with Crippen LogP contribution in [0.15, 0.2) is 24.4 Å². The Morgan fingerprint density at radius 1 is 1.43 bits per heavy atom. The van der Waals surface area contributed by atoms with Gasteiger partial charge >= 0.3 is 0 Å². The number of nitrogens with one attached hydrogen (secondary N) is 1. The second kappa shape index (κ2) is 6.36. The number of carbonyl (C=O) groups is 1. The third-order valence-corrected chi connectivity index (χ3v) is 3.33. The third kappa shape index (κ3) is 3.57. The number of nitrogens with two attached hydrogens (primary N) is 1. The first-order valence-corrected chi connectivity index (χ1v) is 6.70. The molecule has 1 heterocycles. The molecule has 0 spiro atoms. The highest BCUT2D eigenvalue weighted by Gasteiger charge is 2.10. The molecule has 0 saturated carbocycles. The molecule has 1 aromatic carbocycles. The van der Waals surface area contributed by atoms with Crippen LogP contribution in [0, 0.1) is 13.8 Å². The molecule has 0 bridgehead atoms. The molecule has 0 radical (unpaired) electrons. The highest BCUT2D eigenvalue weighted by molar-refractivity contribution is 5.91. The second-order valence-corrected chi connectivity index (χ2v) is 5.05. The van der Waals surface area contributed by atoms with E-state index in [0.717, 1.165) is 6.54 Å². The first kappa shape index (κ1) is 15.0. The summed E-state index contributed by atoms with van der Waals surface area (Å²) in [4.78, 5) is 13.5. The van der Waals surface area contributed by atoms with E-state index < -0.39 is 5.91 Å². The van der Waals surface area contributed by atoms with E-state index in [9.17, 15) is 4.79 Å². The molecule has 2 rings (SSSR count). The van der Waals surface area contributed by atoms with Gasteiger partial charge < -0.3 is 4.90 Å². The number of hydrogen-bond donors (Lipinski definition) is 2. The fraction of sp³-hybridized carbons (Fsp3) is 0.357. The van der Waals surface area contributed by atoms with Gasteiger partial charge in [0.1, 0.15) is 0 Å². The molecule has 7 heteroatoms. The zero-order valence-electron chi connectivity index (χ0n) is 12.5. The molecule has 0 saturated heterocycles. The van der Waals surface area contributed by atoms with Crippen molar-refractivity contribution in [1.29, 1.82) is 0 Å². The smallest absolute Gasteiger partial charge is 0.287 e. The van der Waals surface area contributed by atoms with Crippen LogP contribution in [0.25, 0.3) is 0 Å². The lowest BCUT2D eigenvalue weighted by atomic mass is 10.1. The van der Waals surface area contributed by atoms with Crippen molar-refractivity contribution in [2.75, 3.05) is 18.5 Å². The maximum absolute atomic E-state index is 11.3. The van der Waals surface area contributed by atoms with E-state index in [0.29, 0.717) is 6.54 Å². The van der Waals surface area contributed by atoms with Gasteiger partial charge in [0.25, 0.3) is 5.91 Å². The van der Waals surface area contributed by atoms with Crippen molar-refractivity contribution in [3.8, 4) is 0 Å². The molecule has 0 aliphatic rings. The molecule has 0 unspecified atom stereocenters. The van der Waals surface area contributed by atoms with Gasteiger partial charge in [0.05, 0.1) is 12.7 Å². The number of hydrazine groups is 1. The van der Waals surface area contributed by atoms with Gasteiger partial charge in [-0.1, -0.05) is 22.9 Å². The summed E-state index contributed by atoms with van der Waals surface area (Å²) in [5, 5.41) is 7.68. The van der Waals surface area contributed by atoms with Gasteiger partial charge in [0.2, 0.25) is 0 Å². The first-order chi connectivity index (χ1) is 10.0. The van der Waals surface area contributed by atoms with Crippen molar-refractivity contribution in [2.24, 2.45) is 5.84 Å². The summed E-state index contributed by atoms with van der Waals surface area (Å²) in [5.74, 6) is 4.61. The summed E-state index contributed by atoms with van der Waals surface area (Å²) in [6.45, 7) is 5.57. The average molecular weight is 288 g/mol. The van der Waals surface area contributed by atoms with E-state index >= 15 is 0 Å². The van der Waals surface area contributed by atoms with Crippen molar-refractivity contribution in [3.63, 3.8) is 0 Å². The van der Waals surface area contributed by atoms with Crippen molar-refractivity contribution in [2.45, 2.75) is 20.4 Å². The molecule has 21 heavy (non-hydrogen) atoms. The van der Waals surface area contributed by atoms with Crippen molar-refractivity contribution >= 4 is 11.6 Å². The Kier molecular flexibility index (Phi) is 4.54. The number of anilines is 1. The summed E-state index contributed by atoms with van der Waals surface area (Å²) in [6.07, 6.45) is 1.58. The predicted molar refractivity (Wildman–Crippen MR) is 80.9 cm³/mol. The summed E-state index contributed by atoms with van der Waals surface area (Å²) >= 11 is 0. The minimum Gasteiger partial charge on any atom is -0.373 e. The van der Waals surface area contributed by atoms with E-state index in [1.54, 1.807) is 10.9 Å². The van der Waals surface area contributed by atoms with E-state index in [4.69, 9.17) is 5.84 Å². The summed E-state index contributed by atoms with van der Waals surface area (Å²) in [5.41, 5.74) is 5.91. The minimum atomic E-state index is -0.441. The van der Waals surface area contributed by atoms with Crippen molar-refractivity contribution < 1.29 is 4.79 Å². The Labute approximate surface area is 123 Å². The standard InChI is InChI=1S/C14H20N6O/c1-10-4-5-13(11(2)8-10)19(3)6-7-20-9-12(17-18-20)14(21)16-15/h4-5,8-9H,6-7,15H2,1-3H3,(H,16,21). The lowest BCUT2D eigenvalue weighted by molar-refractivity contribution is 0.0948. The van der Waals surface area contributed by atoms with E-state index in [1.165, 1.54) is 16.8 Å². The van der Waals surface area contributed by atoms with Gasteiger partial charge in [-0.25, -0.2) is 10.5 Å². The average Bonchev–Trinajstić information content (AvgIpc) is 2.92. The zero-order valence-corrected chi connectivity index (χ0v) is 12.5. The topological polar surface area (TPSA) is 89.1 Å². The van der Waals surface area contributed by atoms with Crippen LogP contribution in [0.2, 0.25) is 0 Å². The maximum atomic E-state index is 11.3. The van der Waals surface area contributed by atoms with Crippen LogP contribution in [-0.4, -0.2) is 34.5 Å². The van der Waals surface area contributed by atoms with Gasteiger partial charge in [-0.3, -0.25) is 10.2 Å². The van der Waals surface area contributed by atoms with E-state index in [2.05, 4.69) is 47.3 Å². The lowest BCUT2D eigenvalue weighted by Crippen LogP contribution is -2.30. The number of carbonyl (C=O) groups excluding carboxylic acids is 1. The Morgan fingerprint density at radius 2 is 2.19 bits per heavy atom. The highest BCUT2D eigenvalue weighted by Crippen LogP contribution is 2.19. The van der Waals surface area contributed by atoms with Crippen LogP contribution in [0.3, 0.4) is 0 Å². The molecular weight excluding hydrogens is 268 g/mol. The van der Waals surface area contributed by atoms with Crippen LogP contribution < -0.4 is 16.2 Å². The zero-order chi connectivity index (χ0) is 15.4. The van der Waals surface area contributed by atoms with Crippen LogP contribution in [-0.2, 0) is 6.54 Å². The van der Waals surface area contributed by atoms with Crippen LogP contribution >= 0.6 is 0 Å². The van der Waals surface area contributed by atoms with Gasteiger partial charge in [-0.2, -0.15) is 0 Å². The molecule has 1 aromatic heterocycles. The molecule has 3 N–H and O–H groups in total. The number of benzene rings is 1. The molecule has 0 atom stereocenters. The third-order valence-electron chi connectivity index (χ3n) is 3.33. The number of amides is 1. The van der Waals surface area contributed by atoms with Gasteiger partial charge in [-0.15, -0.1) is 5.10 Å². The SMILES string of the molecule is Cc1ccc(N(C)CCn2cc(C(=O)NN)nn2)c(C)c1. The Morgan fingerprint density at radius 3 is 2.86 bits per heavy atom. The summed E-state index contributed by atoms with van der Waals surface area (Å²) < 4.78 is 1.63. The molecule has 0 fully saturated rings. The van der Waals surface area contributed by atoms with Gasteiger partial charge in [0.15, 0.2) is 5.69 Å². The molecule has 112 valence electrons. The lowest BCUT2D eigenvalue weighted by Gasteiger charge is -2.21. The predicted octanol–water partition coefficient (Wildman–Crippen LogP) is 0.635. The fourth-order valence-electron chi connectivity index (χ4n) is 2.19. The number of aromatic nitrogens is 3. The van der Waals surface area contributed by atoms with Crippen molar-refractivity contribution in [3.05, 3.63) is 41.2 Å². The molecule has 0 aliphatic carbocycles. The monoisotopic (exact) mass is 288 g/mol. The fourth-order valence-corrected chi connectivity index (χ4v) is 2.19. The maximum Gasteiger partial charge on any atom is 0.287 e. The molecular formula is C14H20N6O. The largest absolute Gasteiger partial charge is 0.373 e. The molecule has 2 aromatic rings. The number of aryl methyl sites for hydroxylation is 2. The second-order valence-electron chi connectivity index (χ2n) is 5.05. The molecule has 1 amide bonds. The Bertz CT molecular complexity index is 636. The summed E-state index contributed by atoms with van der Waals surface area (Å²) in [6, 6.07) is 6.36. The van der Waals surface area contributed by atoms with E-state index in [1.807, 2.05) is 12.5 Å². The Balaban J connectivity index is 1.99. The summed E-state index contributed by atoms with van der Waals surface area (Å²) in [7, 11) is 2.03. The Hall–Kier alpha value is -2.41. The number of nitrogen functional groups attached to an aromatic ring is 1.